The van der Waals surface area contributed by atoms with Gasteiger partial charge in [0.15, 0.2) is 9.84 Å². The third-order valence-electron chi connectivity index (χ3n) is 3.08. The molecule has 3 N–H and O–H groups in total. The van der Waals surface area contributed by atoms with E-state index in [1.165, 1.54) is 0 Å². The maximum atomic E-state index is 11.3. The molecule has 0 aromatic rings. The van der Waals surface area contributed by atoms with Crippen LogP contribution in [0, 0.1) is 5.41 Å². The van der Waals surface area contributed by atoms with Crippen molar-refractivity contribution in [2.75, 3.05) is 18.1 Å². The van der Waals surface area contributed by atoms with Gasteiger partial charge >= 0.3 is 0 Å². The SMILES string of the molecule is CC(C)(O)C1(CN)CCS(=O)(=O)C1. The van der Waals surface area contributed by atoms with E-state index in [0.29, 0.717) is 6.42 Å². The van der Waals surface area contributed by atoms with Crippen LogP contribution in [0.15, 0.2) is 0 Å². The van der Waals surface area contributed by atoms with Crippen molar-refractivity contribution >= 4 is 9.84 Å². The zero-order valence-electron chi connectivity index (χ0n) is 8.08. The van der Waals surface area contributed by atoms with E-state index in [2.05, 4.69) is 0 Å². The topological polar surface area (TPSA) is 80.4 Å². The Morgan fingerprint density at radius 1 is 1.54 bits per heavy atom. The lowest BCUT2D eigenvalue weighted by atomic mass is 9.73. The fraction of sp³-hybridized carbons (Fsp3) is 1.00. The average Bonchev–Trinajstić information content (AvgIpc) is 2.26. The molecule has 0 amide bonds. The second-order valence-electron chi connectivity index (χ2n) is 4.39. The molecule has 0 saturated carbocycles. The highest BCUT2D eigenvalue weighted by Crippen LogP contribution is 2.40. The van der Waals surface area contributed by atoms with Gasteiger partial charge in [0.25, 0.3) is 0 Å². The first-order valence-electron chi connectivity index (χ1n) is 4.35. The lowest BCUT2D eigenvalue weighted by Crippen LogP contribution is -2.49. The predicted octanol–water partition coefficient (Wildman–Crippen LogP) is -0.479. The smallest absolute Gasteiger partial charge is 0.151 e. The van der Waals surface area contributed by atoms with Crippen molar-refractivity contribution < 1.29 is 13.5 Å². The molecule has 13 heavy (non-hydrogen) atoms. The minimum Gasteiger partial charge on any atom is -0.390 e. The van der Waals surface area contributed by atoms with E-state index < -0.39 is 20.9 Å². The van der Waals surface area contributed by atoms with Crippen molar-refractivity contribution in [3.05, 3.63) is 0 Å². The Labute approximate surface area is 79.0 Å². The Morgan fingerprint density at radius 2 is 2.08 bits per heavy atom. The van der Waals surface area contributed by atoms with Crippen molar-refractivity contribution in [1.82, 2.24) is 0 Å². The quantitative estimate of drug-likeness (QED) is 0.641. The van der Waals surface area contributed by atoms with Crippen molar-refractivity contribution in [2.24, 2.45) is 11.1 Å². The van der Waals surface area contributed by atoms with Gasteiger partial charge in [-0.15, -0.1) is 0 Å². The molecule has 1 aliphatic heterocycles. The highest BCUT2D eigenvalue weighted by atomic mass is 32.2. The molecule has 4 nitrogen and oxygen atoms in total. The number of nitrogens with two attached hydrogens (primary N) is 1. The summed E-state index contributed by atoms with van der Waals surface area (Å²) in [6, 6.07) is 0. The fourth-order valence-electron chi connectivity index (χ4n) is 1.81. The number of rotatable bonds is 2. The van der Waals surface area contributed by atoms with Gasteiger partial charge in [-0.05, 0) is 20.3 Å². The molecule has 1 rings (SSSR count). The number of aliphatic hydroxyl groups is 1. The summed E-state index contributed by atoms with van der Waals surface area (Å²) in [5.41, 5.74) is 3.88. The molecule has 5 heteroatoms. The highest BCUT2D eigenvalue weighted by Gasteiger charge is 2.50. The second-order valence-corrected chi connectivity index (χ2v) is 6.57. The first-order chi connectivity index (χ1) is 5.72. The zero-order valence-corrected chi connectivity index (χ0v) is 8.89. The molecule has 1 unspecified atom stereocenters. The van der Waals surface area contributed by atoms with Crippen LogP contribution in [0.5, 0.6) is 0 Å². The summed E-state index contributed by atoms with van der Waals surface area (Å²) in [7, 11) is -2.99. The summed E-state index contributed by atoms with van der Waals surface area (Å²) in [4.78, 5) is 0. The van der Waals surface area contributed by atoms with Crippen LogP contribution in [0.1, 0.15) is 20.3 Å². The van der Waals surface area contributed by atoms with Crippen molar-refractivity contribution in [3.63, 3.8) is 0 Å². The molecule has 1 saturated heterocycles. The van der Waals surface area contributed by atoms with Gasteiger partial charge < -0.3 is 10.8 Å². The van der Waals surface area contributed by atoms with Gasteiger partial charge in [0.1, 0.15) is 0 Å². The summed E-state index contributed by atoms with van der Waals surface area (Å²) in [5.74, 6) is 0.161. The van der Waals surface area contributed by atoms with Crippen LogP contribution in [0.2, 0.25) is 0 Å². The molecule has 0 radical (unpaired) electrons. The predicted molar refractivity (Wildman–Crippen MR) is 51.1 cm³/mol. The first-order valence-corrected chi connectivity index (χ1v) is 6.17. The van der Waals surface area contributed by atoms with Crippen molar-refractivity contribution in [3.8, 4) is 0 Å². The Hall–Kier alpha value is -0.130. The molecule has 0 spiro atoms. The van der Waals surface area contributed by atoms with Crippen LogP contribution in [-0.2, 0) is 9.84 Å². The van der Waals surface area contributed by atoms with Crippen molar-refractivity contribution in [2.45, 2.75) is 25.9 Å². The lowest BCUT2D eigenvalue weighted by Gasteiger charge is -2.38. The standard InChI is InChI=1S/C8H17NO3S/c1-7(2,10)8(5-9)3-4-13(11,12)6-8/h10H,3-6,9H2,1-2H3. The summed E-state index contributed by atoms with van der Waals surface area (Å²) in [6.45, 7) is 3.47. The molecule has 0 aliphatic carbocycles. The Kier molecular flexibility index (Phi) is 2.47. The lowest BCUT2D eigenvalue weighted by molar-refractivity contribution is -0.0357. The molecule has 1 aliphatic rings. The summed E-state index contributed by atoms with van der Waals surface area (Å²) >= 11 is 0. The molecule has 78 valence electrons. The maximum absolute atomic E-state index is 11.3. The zero-order chi connectivity index (χ0) is 10.3. The molecule has 0 aromatic carbocycles. The van der Waals surface area contributed by atoms with E-state index in [9.17, 15) is 13.5 Å². The Morgan fingerprint density at radius 3 is 2.23 bits per heavy atom. The van der Waals surface area contributed by atoms with Gasteiger partial charge in [-0.3, -0.25) is 0 Å². The summed E-state index contributed by atoms with van der Waals surface area (Å²) in [5, 5.41) is 9.86. The van der Waals surface area contributed by atoms with Crippen LogP contribution in [0.4, 0.5) is 0 Å². The molecule has 1 fully saturated rings. The van der Waals surface area contributed by atoms with Crippen LogP contribution in [0.25, 0.3) is 0 Å². The Balaban J connectivity index is 3.00. The van der Waals surface area contributed by atoms with Gasteiger partial charge in [-0.25, -0.2) is 8.42 Å². The minimum atomic E-state index is -2.99. The summed E-state index contributed by atoms with van der Waals surface area (Å²) < 4.78 is 22.6. The fourth-order valence-corrected chi connectivity index (χ4v) is 4.11. The van der Waals surface area contributed by atoms with Gasteiger partial charge in [0.05, 0.1) is 17.1 Å². The van der Waals surface area contributed by atoms with Gasteiger partial charge in [-0.1, -0.05) is 0 Å². The summed E-state index contributed by atoms with van der Waals surface area (Å²) in [6.07, 6.45) is 0.468. The third kappa shape index (κ3) is 1.87. The molecule has 0 aromatic heterocycles. The van der Waals surface area contributed by atoms with Crippen molar-refractivity contribution in [1.29, 1.82) is 0 Å². The van der Waals surface area contributed by atoms with E-state index in [1.54, 1.807) is 13.8 Å². The van der Waals surface area contributed by atoms with E-state index in [4.69, 9.17) is 5.73 Å². The normalized spacial score (nSPS) is 33.5. The van der Waals surface area contributed by atoms with Gasteiger partial charge in [-0.2, -0.15) is 0 Å². The second kappa shape index (κ2) is 2.93. The average molecular weight is 207 g/mol. The number of hydrogen-bond donors (Lipinski definition) is 2. The molecule has 1 heterocycles. The van der Waals surface area contributed by atoms with Crippen LogP contribution >= 0.6 is 0 Å². The van der Waals surface area contributed by atoms with Crippen LogP contribution in [-0.4, -0.2) is 37.2 Å². The largest absolute Gasteiger partial charge is 0.390 e. The van der Waals surface area contributed by atoms with Gasteiger partial charge in [0.2, 0.25) is 0 Å². The van der Waals surface area contributed by atoms with E-state index in [-0.39, 0.29) is 18.1 Å². The highest BCUT2D eigenvalue weighted by molar-refractivity contribution is 7.91. The molecular formula is C8H17NO3S. The maximum Gasteiger partial charge on any atom is 0.151 e. The van der Waals surface area contributed by atoms with Crippen LogP contribution in [0.3, 0.4) is 0 Å². The minimum absolute atomic E-state index is 0.0139. The molecular weight excluding hydrogens is 190 g/mol. The van der Waals surface area contributed by atoms with E-state index in [1.807, 2.05) is 0 Å². The number of sulfone groups is 1. The van der Waals surface area contributed by atoms with E-state index >= 15 is 0 Å². The van der Waals surface area contributed by atoms with E-state index in [0.717, 1.165) is 0 Å². The third-order valence-corrected chi connectivity index (χ3v) is 4.89. The Bertz CT molecular complexity index is 291. The first kappa shape index (κ1) is 10.9. The monoisotopic (exact) mass is 207 g/mol. The molecule has 0 bridgehead atoms. The van der Waals surface area contributed by atoms with Crippen LogP contribution < -0.4 is 5.73 Å². The number of hydrogen-bond acceptors (Lipinski definition) is 4. The molecule has 1 atom stereocenters. The van der Waals surface area contributed by atoms with Gasteiger partial charge in [0, 0.05) is 12.0 Å².